The molecule has 2 heterocycles. The summed E-state index contributed by atoms with van der Waals surface area (Å²) in [6, 6.07) is 20.2. The quantitative estimate of drug-likeness (QED) is 0.200. The average Bonchev–Trinajstić information content (AvgIpc) is 3.09. The molecule has 160 valence electrons. The standard InChI is InChI=1S/C25H15IN4O2S/c26-33-12-11-16-7-10-22-18(13-16)14-27-25(29-22)28-19-8-5-17(6-9-19)15-30-23(31)20-3-1-2-4-21(20)24(30)32/h1-10,13-14H,15H2,(H,27,28,29). The van der Waals surface area contributed by atoms with Gasteiger partial charge in [0.15, 0.2) is 0 Å². The first-order chi connectivity index (χ1) is 16.1. The van der Waals surface area contributed by atoms with Crippen LogP contribution in [0.4, 0.5) is 11.6 Å². The van der Waals surface area contributed by atoms with E-state index in [2.05, 4.69) is 47.7 Å². The van der Waals surface area contributed by atoms with Gasteiger partial charge in [-0.2, -0.15) is 0 Å². The first-order valence-electron chi connectivity index (χ1n) is 9.99. The SMILES string of the molecule is O=C1c2ccccc2C(=O)N1Cc1ccc(Nc2ncc3cc(C#CSI)ccc3n2)cc1. The smallest absolute Gasteiger partial charge is 0.261 e. The third-order valence-corrected chi connectivity index (χ3v) is 6.08. The van der Waals surface area contributed by atoms with Crippen molar-refractivity contribution in [2.24, 2.45) is 0 Å². The second-order valence-corrected chi connectivity index (χ2v) is 9.01. The van der Waals surface area contributed by atoms with E-state index in [1.165, 1.54) is 13.8 Å². The van der Waals surface area contributed by atoms with E-state index in [4.69, 9.17) is 0 Å². The van der Waals surface area contributed by atoms with Crippen molar-refractivity contribution in [3.63, 3.8) is 0 Å². The fourth-order valence-electron chi connectivity index (χ4n) is 3.64. The normalized spacial score (nSPS) is 12.5. The maximum atomic E-state index is 12.6. The van der Waals surface area contributed by atoms with Crippen molar-refractivity contribution in [3.05, 3.63) is 95.2 Å². The molecule has 0 aliphatic carbocycles. The monoisotopic (exact) mass is 562 g/mol. The molecule has 0 saturated heterocycles. The zero-order chi connectivity index (χ0) is 22.8. The number of hydrogen-bond acceptors (Lipinski definition) is 6. The molecular formula is C25H15IN4O2S. The number of halogens is 1. The third-order valence-electron chi connectivity index (χ3n) is 5.24. The summed E-state index contributed by atoms with van der Waals surface area (Å²) in [7, 11) is 1.44. The number of amides is 2. The van der Waals surface area contributed by atoms with E-state index in [-0.39, 0.29) is 18.4 Å². The topological polar surface area (TPSA) is 75.2 Å². The van der Waals surface area contributed by atoms with Crippen LogP contribution >= 0.6 is 30.1 Å². The van der Waals surface area contributed by atoms with E-state index < -0.39 is 0 Å². The summed E-state index contributed by atoms with van der Waals surface area (Å²) in [6.45, 7) is 0.223. The Labute approximate surface area is 206 Å². The molecule has 1 N–H and O–H groups in total. The fourth-order valence-corrected chi connectivity index (χ4v) is 4.12. The van der Waals surface area contributed by atoms with Crippen molar-refractivity contribution in [3.8, 4) is 11.2 Å². The molecule has 0 saturated carbocycles. The minimum absolute atomic E-state index is 0.223. The van der Waals surface area contributed by atoms with Gasteiger partial charge >= 0.3 is 0 Å². The van der Waals surface area contributed by atoms with Gasteiger partial charge in [0, 0.05) is 44.0 Å². The maximum Gasteiger partial charge on any atom is 0.261 e. The highest BCUT2D eigenvalue weighted by Crippen LogP contribution is 2.25. The summed E-state index contributed by atoms with van der Waals surface area (Å²) >= 11 is 2.14. The minimum atomic E-state index is -0.260. The first-order valence-corrected chi connectivity index (χ1v) is 13.3. The lowest BCUT2D eigenvalue weighted by atomic mass is 10.1. The van der Waals surface area contributed by atoms with Gasteiger partial charge in [-0.1, -0.05) is 30.2 Å². The molecule has 33 heavy (non-hydrogen) atoms. The van der Waals surface area contributed by atoms with Crippen molar-refractivity contribution in [1.82, 2.24) is 14.9 Å². The predicted molar refractivity (Wildman–Crippen MR) is 138 cm³/mol. The lowest BCUT2D eigenvalue weighted by molar-refractivity contribution is 0.0642. The molecule has 4 aromatic rings. The number of hydrogen-bond donors (Lipinski definition) is 1. The van der Waals surface area contributed by atoms with Gasteiger partial charge in [0.1, 0.15) is 0 Å². The molecular weight excluding hydrogens is 547 g/mol. The summed E-state index contributed by atoms with van der Waals surface area (Å²) in [4.78, 5) is 35.4. The number of fused-ring (bicyclic) bond motifs is 2. The highest BCUT2D eigenvalue weighted by atomic mass is 127. The molecule has 0 radical (unpaired) electrons. The van der Waals surface area contributed by atoms with E-state index in [9.17, 15) is 9.59 Å². The Morgan fingerprint density at radius 1 is 0.970 bits per heavy atom. The predicted octanol–water partition coefficient (Wildman–Crippen LogP) is 5.56. The van der Waals surface area contributed by atoms with Gasteiger partial charge in [-0.15, -0.1) is 0 Å². The molecule has 8 heteroatoms. The minimum Gasteiger partial charge on any atom is -0.324 e. The second kappa shape index (κ2) is 9.21. The maximum absolute atomic E-state index is 12.6. The van der Waals surface area contributed by atoms with Gasteiger partial charge in [-0.25, -0.2) is 9.97 Å². The van der Waals surface area contributed by atoms with Crippen molar-refractivity contribution in [2.75, 3.05) is 5.32 Å². The Bertz CT molecular complexity index is 1430. The largest absolute Gasteiger partial charge is 0.324 e. The molecule has 0 atom stereocenters. The number of nitrogens with one attached hydrogen (secondary N) is 1. The summed E-state index contributed by atoms with van der Waals surface area (Å²) in [5, 5.41) is 7.08. The lowest BCUT2D eigenvalue weighted by Crippen LogP contribution is -2.29. The molecule has 5 rings (SSSR count). The van der Waals surface area contributed by atoms with E-state index in [1.807, 2.05) is 42.5 Å². The van der Waals surface area contributed by atoms with Crippen molar-refractivity contribution in [1.29, 1.82) is 0 Å². The molecule has 2 amide bonds. The van der Waals surface area contributed by atoms with Crippen LogP contribution in [-0.2, 0) is 6.54 Å². The van der Waals surface area contributed by atoms with E-state index in [0.29, 0.717) is 17.1 Å². The zero-order valence-electron chi connectivity index (χ0n) is 17.1. The summed E-state index contributed by atoms with van der Waals surface area (Å²) < 4.78 is 0. The Morgan fingerprint density at radius 2 is 1.70 bits per heavy atom. The third kappa shape index (κ3) is 4.42. The number of aromatic nitrogens is 2. The number of rotatable bonds is 4. The summed E-state index contributed by atoms with van der Waals surface area (Å²) in [5.41, 5.74) is 4.32. The van der Waals surface area contributed by atoms with Gasteiger partial charge in [-0.05, 0) is 62.2 Å². The Hall–Kier alpha value is -3.42. The van der Waals surface area contributed by atoms with Gasteiger partial charge in [-0.3, -0.25) is 14.5 Å². The van der Waals surface area contributed by atoms with E-state index in [0.717, 1.165) is 27.7 Å². The zero-order valence-corrected chi connectivity index (χ0v) is 20.1. The highest BCUT2D eigenvalue weighted by Gasteiger charge is 2.34. The van der Waals surface area contributed by atoms with Crippen LogP contribution < -0.4 is 5.32 Å². The molecule has 0 unspecified atom stereocenters. The van der Waals surface area contributed by atoms with Gasteiger partial charge in [0.2, 0.25) is 5.95 Å². The van der Waals surface area contributed by atoms with Gasteiger partial charge in [0.05, 0.1) is 23.2 Å². The van der Waals surface area contributed by atoms with Crippen LogP contribution in [0, 0.1) is 11.2 Å². The molecule has 3 aromatic carbocycles. The first kappa shape index (κ1) is 21.4. The van der Waals surface area contributed by atoms with Gasteiger partial charge in [0.25, 0.3) is 11.8 Å². The Kier molecular flexibility index (Phi) is 5.98. The van der Waals surface area contributed by atoms with Crippen molar-refractivity contribution in [2.45, 2.75) is 6.54 Å². The number of nitrogens with zero attached hydrogens (tertiary/aromatic N) is 3. The number of benzene rings is 3. The molecule has 0 spiro atoms. The average molecular weight is 562 g/mol. The van der Waals surface area contributed by atoms with Crippen molar-refractivity contribution < 1.29 is 9.59 Å². The van der Waals surface area contributed by atoms with Crippen LogP contribution in [0.25, 0.3) is 10.9 Å². The highest BCUT2D eigenvalue weighted by molar-refractivity contribution is 14.2. The van der Waals surface area contributed by atoms with Crippen LogP contribution in [0.3, 0.4) is 0 Å². The number of carbonyl (C=O) groups is 2. The second-order valence-electron chi connectivity index (χ2n) is 7.34. The summed E-state index contributed by atoms with van der Waals surface area (Å²) in [5.74, 6) is 3.04. The molecule has 1 aliphatic rings. The van der Waals surface area contributed by atoms with Crippen LogP contribution in [0.5, 0.6) is 0 Å². The molecule has 1 aliphatic heterocycles. The molecule has 0 fully saturated rings. The summed E-state index contributed by atoms with van der Waals surface area (Å²) in [6.07, 6.45) is 1.77. The fraction of sp³-hybridized carbons (Fsp3) is 0.0400. The number of imide groups is 1. The molecule has 1 aromatic heterocycles. The number of anilines is 2. The molecule has 0 bridgehead atoms. The van der Waals surface area contributed by atoms with Crippen molar-refractivity contribution >= 4 is 64.5 Å². The lowest BCUT2D eigenvalue weighted by Gasteiger charge is -2.14. The van der Waals surface area contributed by atoms with E-state index in [1.54, 1.807) is 30.5 Å². The van der Waals surface area contributed by atoms with Crippen LogP contribution in [-0.4, -0.2) is 26.7 Å². The van der Waals surface area contributed by atoms with Crippen LogP contribution in [0.15, 0.2) is 72.9 Å². The van der Waals surface area contributed by atoms with Gasteiger partial charge < -0.3 is 5.32 Å². The number of carbonyl (C=O) groups excluding carboxylic acids is 2. The van der Waals surface area contributed by atoms with E-state index >= 15 is 0 Å². The Balaban J connectivity index is 1.29. The molecule has 6 nitrogen and oxygen atoms in total. The van der Waals surface area contributed by atoms with Crippen LogP contribution in [0.2, 0.25) is 0 Å². The van der Waals surface area contributed by atoms with Crippen LogP contribution in [0.1, 0.15) is 31.8 Å². The Morgan fingerprint density at radius 3 is 2.39 bits per heavy atom.